The summed E-state index contributed by atoms with van der Waals surface area (Å²) in [4.78, 5) is 30.7. The van der Waals surface area contributed by atoms with Crippen molar-refractivity contribution >= 4 is 33.5 Å². The number of ether oxygens (including phenoxy) is 3. The van der Waals surface area contributed by atoms with Gasteiger partial charge in [0.2, 0.25) is 0 Å². The van der Waals surface area contributed by atoms with Gasteiger partial charge in [-0.25, -0.2) is 4.79 Å². The lowest BCUT2D eigenvalue weighted by molar-refractivity contribution is 0.0529. The molecule has 2 aliphatic rings. The van der Waals surface area contributed by atoms with Crippen LogP contribution in [0.25, 0.3) is 27.6 Å². The Hall–Kier alpha value is -4.00. The van der Waals surface area contributed by atoms with Gasteiger partial charge in [0.15, 0.2) is 11.5 Å². The average Bonchev–Trinajstić information content (AvgIpc) is 3.26. The summed E-state index contributed by atoms with van der Waals surface area (Å²) in [6.45, 7) is 1.99. The quantitative estimate of drug-likeness (QED) is 0.604. The average molecular weight is 416 g/mol. The second-order valence-electron chi connectivity index (χ2n) is 7.25. The number of hydrogen-bond acceptors (Lipinski definition) is 5. The second-order valence-corrected chi connectivity index (χ2v) is 7.25. The van der Waals surface area contributed by atoms with E-state index in [1.54, 1.807) is 19.3 Å². The van der Waals surface area contributed by atoms with Crippen LogP contribution in [0.15, 0.2) is 71.3 Å². The summed E-state index contributed by atoms with van der Waals surface area (Å²) in [5.74, 6) is 0.731. The van der Waals surface area contributed by atoms with Crippen LogP contribution in [0.4, 0.5) is 0 Å². The lowest BCUT2D eigenvalue weighted by atomic mass is 10.0. The minimum absolute atomic E-state index is 0.246. The van der Waals surface area contributed by atoms with E-state index >= 15 is 0 Å². The molecular formula is C24H20N2O5. The van der Waals surface area contributed by atoms with Crippen molar-refractivity contribution in [3.63, 3.8) is 0 Å². The van der Waals surface area contributed by atoms with Crippen molar-refractivity contribution < 1.29 is 19.0 Å². The Kier molecular flexibility index (Phi) is 4.71. The molecule has 2 aromatic heterocycles. The zero-order valence-electron chi connectivity index (χ0n) is 16.9. The molecule has 3 heterocycles. The number of H-pyrrole nitrogens is 2. The molecule has 0 saturated heterocycles. The first-order valence-corrected chi connectivity index (χ1v) is 10.1. The Morgan fingerprint density at radius 3 is 2.90 bits per heavy atom. The number of nitrogens with one attached hydrogen (secondary N) is 2. The van der Waals surface area contributed by atoms with Gasteiger partial charge in [-0.3, -0.25) is 4.79 Å². The maximum atomic E-state index is 12.5. The van der Waals surface area contributed by atoms with Gasteiger partial charge >= 0.3 is 5.97 Å². The number of benzene rings is 1. The third-order valence-corrected chi connectivity index (χ3v) is 5.32. The van der Waals surface area contributed by atoms with Crippen LogP contribution in [-0.4, -0.2) is 22.5 Å². The number of fused-ring (bicyclic) bond motifs is 3. The molecule has 0 atom stereocenters. The number of carbonyl (C=O) groups is 1. The van der Waals surface area contributed by atoms with Crippen LogP contribution in [0.2, 0.25) is 0 Å². The summed E-state index contributed by atoms with van der Waals surface area (Å²) in [6.07, 6.45) is 12.6. The van der Waals surface area contributed by atoms with Gasteiger partial charge in [0, 0.05) is 28.0 Å². The molecule has 0 amide bonds. The van der Waals surface area contributed by atoms with Crippen molar-refractivity contribution in [1.29, 1.82) is 0 Å². The van der Waals surface area contributed by atoms with E-state index in [1.807, 2.05) is 24.3 Å². The third-order valence-electron chi connectivity index (χ3n) is 5.32. The molecule has 0 unspecified atom stereocenters. The van der Waals surface area contributed by atoms with Crippen LogP contribution < -0.4 is 5.56 Å². The molecule has 0 fully saturated rings. The molecule has 1 aliphatic carbocycles. The van der Waals surface area contributed by atoms with Crippen LogP contribution in [0, 0.1) is 0 Å². The summed E-state index contributed by atoms with van der Waals surface area (Å²) in [6, 6.07) is 5.50. The molecule has 5 rings (SSSR count). The lowest BCUT2D eigenvalue weighted by Gasteiger charge is -2.20. The molecule has 2 N–H and O–H groups in total. The van der Waals surface area contributed by atoms with Crippen molar-refractivity contribution in [2.24, 2.45) is 0 Å². The normalized spacial score (nSPS) is 15.7. The standard InChI is InChI=1S/C24H20N2O5/c1-2-30-24(28)17-11-25-22-21(17)16-10-15(8-9-18(16)26-23(22)27)20-13-29-12-19(31-20)14-6-4-3-5-7-14/h3-4,6,8-13,25H,2,5,7H2,1H3,(H,26,27). The first-order valence-electron chi connectivity index (χ1n) is 10.1. The molecule has 1 aliphatic heterocycles. The minimum Gasteiger partial charge on any atom is -0.465 e. The lowest BCUT2D eigenvalue weighted by Crippen LogP contribution is -2.09. The summed E-state index contributed by atoms with van der Waals surface area (Å²) in [5, 5.41) is 1.23. The van der Waals surface area contributed by atoms with E-state index in [1.165, 1.54) is 12.5 Å². The zero-order chi connectivity index (χ0) is 21.4. The van der Waals surface area contributed by atoms with Gasteiger partial charge in [-0.1, -0.05) is 18.2 Å². The van der Waals surface area contributed by atoms with Crippen molar-refractivity contribution in [2.75, 3.05) is 6.61 Å². The molecule has 0 bridgehead atoms. The predicted molar refractivity (Wildman–Crippen MR) is 117 cm³/mol. The Balaban J connectivity index is 1.60. The molecular weight excluding hydrogens is 396 g/mol. The van der Waals surface area contributed by atoms with Gasteiger partial charge in [-0.15, -0.1) is 0 Å². The van der Waals surface area contributed by atoms with Gasteiger partial charge in [-0.05, 0) is 43.5 Å². The number of aromatic amines is 2. The number of esters is 1. The van der Waals surface area contributed by atoms with Crippen LogP contribution in [-0.2, 0) is 14.2 Å². The fourth-order valence-electron chi connectivity index (χ4n) is 3.85. The maximum Gasteiger partial charge on any atom is 0.340 e. The predicted octanol–water partition coefficient (Wildman–Crippen LogP) is 4.65. The Morgan fingerprint density at radius 1 is 1.23 bits per heavy atom. The smallest absolute Gasteiger partial charge is 0.340 e. The topological polar surface area (TPSA) is 93.4 Å². The molecule has 31 heavy (non-hydrogen) atoms. The van der Waals surface area contributed by atoms with Gasteiger partial charge in [-0.2, -0.15) is 0 Å². The number of hydrogen-bond donors (Lipinski definition) is 2. The number of aromatic nitrogens is 2. The van der Waals surface area contributed by atoms with E-state index in [-0.39, 0.29) is 12.2 Å². The minimum atomic E-state index is -0.481. The summed E-state index contributed by atoms with van der Waals surface area (Å²) < 4.78 is 16.8. The first-order chi connectivity index (χ1) is 15.2. The van der Waals surface area contributed by atoms with Crippen LogP contribution in [0.5, 0.6) is 0 Å². The fraction of sp³-hybridized carbons (Fsp3) is 0.167. The van der Waals surface area contributed by atoms with E-state index in [9.17, 15) is 9.59 Å². The zero-order valence-corrected chi connectivity index (χ0v) is 16.9. The van der Waals surface area contributed by atoms with Gasteiger partial charge in [0.05, 0.1) is 12.2 Å². The van der Waals surface area contributed by atoms with Crippen LogP contribution in [0.3, 0.4) is 0 Å². The molecule has 1 aromatic carbocycles. The highest BCUT2D eigenvalue weighted by molar-refractivity contribution is 6.15. The van der Waals surface area contributed by atoms with E-state index < -0.39 is 5.97 Å². The number of pyridine rings is 1. The highest BCUT2D eigenvalue weighted by Crippen LogP contribution is 2.33. The fourth-order valence-corrected chi connectivity index (χ4v) is 3.85. The third kappa shape index (κ3) is 3.34. The first kappa shape index (κ1) is 19.0. The summed E-state index contributed by atoms with van der Waals surface area (Å²) in [7, 11) is 0. The molecule has 0 radical (unpaired) electrons. The summed E-state index contributed by atoms with van der Waals surface area (Å²) >= 11 is 0. The van der Waals surface area contributed by atoms with Crippen molar-refractivity contribution in [1.82, 2.24) is 9.97 Å². The highest BCUT2D eigenvalue weighted by atomic mass is 16.5. The van der Waals surface area contributed by atoms with E-state index in [4.69, 9.17) is 14.2 Å². The Bertz CT molecular complexity index is 1380. The largest absolute Gasteiger partial charge is 0.465 e. The van der Waals surface area contributed by atoms with Gasteiger partial charge in [0.25, 0.3) is 5.56 Å². The van der Waals surface area contributed by atoms with Crippen molar-refractivity contribution in [2.45, 2.75) is 19.8 Å². The van der Waals surface area contributed by atoms with E-state index in [0.29, 0.717) is 38.9 Å². The van der Waals surface area contributed by atoms with Gasteiger partial charge < -0.3 is 24.2 Å². The Labute approximate surface area is 177 Å². The van der Waals surface area contributed by atoms with Crippen LogP contribution in [0.1, 0.15) is 35.7 Å². The van der Waals surface area contributed by atoms with E-state index in [0.717, 1.165) is 24.0 Å². The molecule has 0 spiro atoms. The van der Waals surface area contributed by atoms with E-state index in [2.05, 4.69) is 16.0 Å². The molecule has 156 valence electrons. The number of carbonyl (C=O) groups excluding carboxylic acids is 1. The SMILES string of the molecule is CCOC(=O)c1c[nH]c2c(=O)[nH]c3ccc(C4=COC=C(C5=CC=CCC5)O4)cc3c12. The molecule has 0 saturated carbocycles. The second kappa shape index (κ2) is 7.68. The molecule has 7 nitrogen and oxygen atoms in total. The highest BCUT2D eigenvalue weighted by Gasteiger charge is 2.20. The Morgan fingerprint density at radius 2 is 2.10 bits per heavy atom. The van der Waals surface area contributed by atoms with Crippen molar-refractivity contribution in [3.8, 4) is 0 Å². The van der Waals surface area contributed by atoms with Crippen molar-refractivity contribution in [3.05, 3.63) is 88.0 Å². The maximum absolute atomic E-state index is 12.5. The monoisotopic (exact) mass is 416 g/mol. The number of rotatable bonds is 4. The number of allylic oxidation sites excluding steroid dienone is 4. The van der Waals surface area contributed by atoms with Gasteiger partial charge in [0.1, 0.15) is 18.0 Å². The van der Waals surface area contributed by atoms with Crippen LogP contribution >= 0.6 is 0 Å². The summed E-state index contributed by atoms with van der Waals surface area (Å²) in [5.41, 5.74) is 2.77. The molecule has 7 heteroatoms. The molecule has 3 aromatic rings.